The van der Waals surface area contributed by atoms with Crippen LogP contribution in [0.1, 0.15) is 38.7 Å². The van der Waals surface area contributed by atoms with Gasteiger partial charge in [0.15, 0.2) is 0 Å². The molecule has 2 heteroatoms. The molecule has 0 saturated heterocycles. The summed E-state index contributed by atoms with van der Waals surface area (Å²) in [6.07, 6.45) is 4.68. The Hall–Kier alpha value is -0.860. The normalized spacial score (nSPS) is 14.7. The third kappa shape index (κ3) is 4.33. The number of hydrogen-bond acceptors (Lipinski definition) is 2. The number of benzene rings is 1. The van der Waals surface area contributed by atoms with Crippen molar-refractivity contribution in [2.75, 3.05) is 0 Å². The molecule has 3 N–H and O–H groups in total. The van der Waals surface area contributed by atoms with Crippen LogP contribution in [0.5, 0.6) is 0 Å². The monoisotopic (exact) mass is 220 g/mol. The van der Waals surface area contributed by atoms with Crippen molar-refractivity contribution in [2.45, 2.75) is 45.6 Å². The lowest BCUT2D eigenvalue weighted by molar-refractivity contribution is 0.341. The average Bonchev–Trinajstić information content (AvgIpc) is 2.31. The molecule has 0 aliphatic rings. The van der Waals surface area contributed by atoms with E-state index in [9.17, 15) is 0 Å². The molecule has 1 aromatic carbocycles. The number of nitrogens with two attached hydrogens (primary N) is 1. The second-order valence-corrected chi connectivity index (χ2v) is 4.56. The minimum atomic E-state index is 0.431. The number of nitrogens with one attached hydrogen (secondary N) is 1. The molecule has 0 aliphatic heterocycles. The van der Waals surface area contributed by atoms with Gasteiger partial charge >= 0.3 is 0 Å². The van der Waals surface area contributed by atoms with Gasteiger partial charge in [0, 0.05) is 6.04 Å². The van der Waals surface area contributed by atoms with E-state index in [4.69, 9.17) is 5.84 Å². The molecule has 0 radical (unpaired) electrons. The summed E-state index contributed by atoms with van der Waals surface area (Å²) >= 11 is 0. The Morgan fingerprint density at radius 2 is 1.88 bits per heavy atom. The van der Waals surface area contributed by atoms with Gasteiger partial charge in [-0.05, 0) is 30.7 Å². The van der Waals surface area contributed by atoms with Gasteiger partial charge in [-0.1, -0.05) is 50.6 Å². The summed E-state index contributed by atoms with van der Waals surface area (Å²) in [7, 11) is 0. The van der Waals surface area contributed by atoms with Crippen LogP contribution in [0, 0.1) is 5.92 Å². The highest BCUT2D eigenvalue weighted by Gasteiger charge is 2.14. The van der Waals surface area contributed by atoms with Crippen LogP contribution in [-0.4, -0.2) is 6.04 Å². The van der Waals surface area contributed by atoms with Gasteiger partial charge in [-0.3, -0.25) is 11.3 Å². The van der Waals surface area contributed by atoms with Crippen molar-refractivity contribution in [3.8, 4) is 0 Å². The summed E-state index contributed by atoms with van der Waals surface area (Å²) in [5, 5.41) is 0. The standard InChI is InChI=1S/C14H24N2/c1-3-7-12(2)14(16-15)11-10-13-8-5-4-6-9-13/h4-6,8-9,12,14,16H,3,7,10-11,15H2,1-2H3. The predicted octanol–water partition coefficient (Wildman–Crippen LogP) is 2.89. The Balaban J connectivity index is 2.39. The van der Waals surface area contributed by atoms with Gasteiger partial charge in [0.25, 0.3) is 0 Å². The van der Waals surface area contributed by atoms with Crippen molar-refractivity contribution in [1.29, 1.82) is 0 Å². The third-order valence-electron chi connectivity index (χ3n) is 3.23. The zero-order valence-corrected chi connectivity index (χ0v) is 10.4. The van der Waals surface area contributed by atoms with Crippen LogP contribution < -0.4 is 11.3 Å². The first-order valence-electron chi connectivity index (χ1n) is 6.28. The maximum Gasteiger partial charge on any atom is 0.0239 e. The van der Waals surface area contributed by atoms with Crippen LogP contribution >= 0.6 is 0 Å². The minimum Gasteiger partial charge on any atom is -0.271 e. The van der Waals surface area contributed by atoms with Gasteiger partial charge < -0.3 is 0 Å². The average molecular weight is 220 g/mol. The molecule has 2 atom stereocenters. The summed E-state index contributed by atoms with van der Waals surface area (Å²) < 4.78 is 0. The molecule has 0 aromatic heterocycles. The van der Waals surface area contributed by atoms with Crippen molar-refractivity contribution < 1.29 is 0 Å². The quantitative estimate of drug-likeness (QED) is 0.548. The van der Waals surface area contributed by atoms with E-state index in [0.717, 1.165) is 12.8 Å². The summed E-state index contributed by atoms with van der Waals surface area (Å²) in [6.45, 7) is 4.50. The zero-order chi connectivity index (χ0) is 11.8. The van der Waals surface area contributed by atoms with Gasteiger partial charge in [0.2, 0.25) is 0 Å². The molecule has 2 nitrogen and oxygen atoms in total. The predicted molar refractivity (Wildman–Crippen MR) is 69.9 cm³/mol. The fraction of sp³-hybridized carbons (Fsp3) is 0.571. The Morgan fingerprint density at radius 1 is 1.19 bits per heavy atom. The van der Waals surface area contributed by atoms with Crippen LogP contribution in [-0.2, 0) is 6.42 Å². The topological polar surface area (TPSA) is 38.0 Å². The van der Waals surface area contributed by atoms with Crippen molar-refractivity contribution in [1.82, 2.24) is 5.43 Å². The fourth-order valence-corrected chi connectivity index (χ4v) is 2.16. The van der Waals surface area contributed by atoms with Crippen molar-refractivity contribution >= 4 is 0 Å². The van der Waals surface area contributed by atoms with Gasteiger partial charge in [-0.2, -0.15) is 0 Å². The molecule has 0 bridgehead atoms. The molecule has 90 valence electrons. The lowest BCUT2D eigenvalue weighted by Crippen LogP contribution is -2.40. The molecule has 0 amide bonds. The number of rotatable bonds is 7. The van der Waals surface area contributed by atoms with E-state index < -0.39 is 0 Å². The van der Waals surface area contributed by atoms with Gasteiger partial charge in [-0.25, -0.2) is 0 Å². The lowest BCUT2D eigenvalue weighted by Gasteiger charge is -2.22. The summed E-state index contributed by atoms with van der Waals surface area (Å²) in [5.74, 6) is 6.27. The Morgan fingerprint density at radius 3 is 2.44 bits per heavy atom. The van der Waals surface area contributed by atoms with E-state index in [2.05, 4.69) is 49.6 Å². The first-order valence-corrected chi connectivity index (χ1v) is 6.28. The van der Waals surface area contributed by atoms with Crippen LogP contribution in [0.2, 0.25) is 0 Å². The molecule has 2 unspecified atom stereocenters. The molecule has 1 rings (SSSR count). The van der Waals surface area contributed by atoms with E-state index >= 15 is 0 Å². The van der Waals surface area contributed by atoms with Crippen LogP contribution in [0.15, 0.2) is 30.3 Å². The molecular weight excluding hydrogens is 196 g/mol. The van der Waals surface area contributed by atoms with Crippen LogP contribution in [0.4, 0.5) is 0 Å². The van der Waals surface area contributed by atoms with Crippen LogP contribution in [0.3, 0.4) is 0 Å². The molecular formula is C14H24N2. The van der Waals surface area contributed by atoms with E-state index in [0.29, 0.717) is 12.0 Å². The molecule has 1 aromatic rings. The zero-order valence-electron chi connectivity index (χ0n) is 10.4. The largest absolute Gasteiger partial charge is 0.271 e. The Bertz CT molecular complexity index is 271. The first kappa shape index (κ1) is 13.2. The SMILES string of the molecule is CCCC(C)C(CCc1ccccc1)NN. The Kier molecular flexibility index (Phi) is 6.12. The van der Waals surface area contributed by atoms with E-state index in [1.165, 1.54) is 18.4 Å². The second kappa shape index (κ2) is 7.42. The lowest BCUT2D eigenvalue weighted by atomic mass is 9.92. The first-order chi connectivity index (χ1) is 7.77. The van der Waals surface area contributed by atoms with Crippen LogP contribution in [0.25, 0.3) is 0 Å². The van der Waals surface area contributed by atoms with Crippen molar-refractivity contribution in [3.63, 3.8) is 0 Å². The van der Waals surface area contributed by atoms with Crippen molar-refractivity contribution in [2.24, 2.45) is 11.8 Å². The fourth-order valence-electron chi connectivity index (χ4n) is 2.16. The minimum absolute atomic E-state index is 0.431. The van der Waals surface area contributed by atoms with E-state index in [1.807, 2.05) is 0 Å². The summed E-state index contributed by atoms with van der Waals surface area (Å²) in [6, 6.07) is 11.0. The molecule has 0 aliphatic carbocycles. The number of hydrazine groups is 1. The highest BCUT2D eigenvalue weighted by molar-refractivity contribution is 5.14. The number of hydrogen-bond donors (Lipinski definition) is 2. The maximum absolute atomic E-state index is 5.62. The molecule has 0 saturated carbocycles. The van der Waals surface area contributed by atoms with Gasteiger partial charge in [0.05, 0.1) is 0 Å². The highest BCUT2D eigenvalue weighted by atomic mass is 15.2. The van der Waals surface area contributed by atoms with E-state index in [-0.39, 0.29) is 0 Å². The smallest absolute Gasteiger partial charge is 0.0239 e. The van der Waals surface area contributed by atoms with Gasteiger partial charge in [-0.15, -0.1) is 0 Å². The highest BCUT2D eigenvalue weighted by Crippen LogP contribution is 2.15. The summed E-state index contributed by atoms with van der Waals surface area (Å²) in [5.41, 5.74) is 4.35. The maximum atomic E-state index is 5.62. The second-order valence-electron chi connectivity index (χ2n) is 4.56. The number of aryl methyl sites for hydroxylation is 1. The van der Waals surface area contributed by atoms with Gasteiger partial charge in [0.1, 0.15) is 0 Å². The third-order valence-corrected chi connectivity index (χ3v) is 3.23. The molecule has 0 spiro atoms. The molecule has 0 heterocycles. The summed E-state index contributed by atoms with van der Waals surface area (Å²) in [4.78, 5) is 0. The molecule has 16 heavy (non-hydrogen) atoms. The van der Waals surface area contributed by atoms with E-state index in [1.54, 1.807) is 0 Å². The van der Waals surface area contributed by atoms with Crippen molar-refractivity contribution in [3.05, 3.63) is 35.9 Å². The Labute approximate surface area is 99.2 Å². The molecule has 0 fully saturated rings.